The number of ether oxygens (including phenoxy) is 1. The molecule has 22 heavy (non-hydrogen) atoms. The Morgan fingerprint density at radius 3 is 2.86 bits per heavy atom. The Morgan fingerprint density at radius 1 is 1.23 bits per heavy atom. The molecule has 4 nitrogen and oxygen atoms in total. The molecule has 1 aliphatic rings. The zero-order chi connectivity index (χ0) is 15.2. The van der Waals surface area contributed by atoms with Crippen LogP contribution in [0.5, 0.6) is 0 Å². The number of carbonyl (C=O) groups excluding carboxylic acids is 1. The molecule has 1 saturated heterocycles. The maximum absolute atomic E-state index is 11.9. The third-order valence-corrected chi connectivity index (χ3v) is 4.00. The quantitative estimate of drug-likeness (QED) is 0.861. The Morgan fingerprint density at radius 2 is 2.09 bits per heavy atom. The number of carbonyl (C=O) groups is 1. The minimum Gasteiger partial charge on any atom is -0.376 e. The Bertz CT molecular complexity index is 601. The second-order valence-corrected chi connectivity index (χ2v) is 5.70. The number of amides is 1. The van der Waals surface area contributed by atoms with Gasteiger partial charge in [0.1, 0.15) is 0 Å². The van der Waals surface area contributed by atoms with E-state index in [-0.39, 0.29) is 12.0 Å². The van der Waals surface area contributed by atoms with Crippen LogP contribution in [0.1, 0.15) is 25.0 Å². The molecule has 2 aromatic rings. The zero-order valence-electron chi connectivity index (χ0n) is 12.7. The molecule has 0 aliphatic carbocycles. The van der Waals surface area contributed by atoms with Gasteiger partial charge in [-0.05, 0) is 37.0 Å². The molecule has 1 fully saturated rings. The van der Waals surface area contributed by atoms with Crippen molar-refractivity contribution in [2.75, 3.05) is 13.2 Å². The van der Waals surface area contributed by atoms with Crippen molar-refractivity contribution in [2.45, 2.75) is 31.8 Å². The van der Waals surface area contributed by atoms with Crippen LogP contribution in [-0.2, 0) is 16.0 Å². The van der Waals surface area contributed by atoms with Gasteiger partial charge in [0.15, 0.2) is 0 Å². The van der Waals surface area contributed by atoms with Gasteiger partial charge in [0.25, 0.3) is 0 Å². The molecule has 0 unspecified atom stereocenters. The van der Waals surface area contributed by atoms with Crippen LogP contribution in [0.25, 0.3) is 11.3 Å². The van der Waals surface area contributed by atoms with Crippen molar-refractivity contribution in [2.24, 2.45) is 0 Å². The van der Waals surface area contributed by atoms with Crippen molar-refractivity contribution < 1.29 is 9.53 Å². The highest BCUT2D eigenvalue weighted by molar-refractivity contribution is 5.76. The average molecular weight is 298 g/mol. The van der Waals surface area contributed by atoms with Crippen molar-refractivity contribution in [1.82, 2.24) is 10.3 Å². The van der Waals surface area contributed by atoms with E-state index in [1.807, 2.05) is 18.2 Å². The first-order valence-electron chi connectivity index (χ1n) is 7.93. The van der Waals surface area contributed by atoms with Gasteiger partial charge in [0.2, 0.25) is 5.91 Å². The molecule has 0 bridgehead atoms. The maximum Gasteiger partial charge on any atom is 0.220 e. The number of aromatic amines is 1. The lowest BCUT2D eigenvalue weighted by Gasteiger charge is -2.10. The molecule has 4 heteroatoms. The third-order valence-electron chi connectivity index (χ3n) is 4.00. The second-order valence-electron chi connectivity index (χ2n) is 5.70. The molecule has 2 N–H and O–H groups in total. The van der Waals surface area contributed by atoms with Gasteiger partial charge in [-0.25, -0.2) is 0 Å². The van der Waals surface area contributed by atoms with E-state index in [1.54, 1.807) is 0 Å². The summed E-state index contributed by atoms with van der Waals surface area (Å²) in [5.74, 6) is 0.0892. The van der Waals surface area contributed by atoms with Crippen molar-refractivity contribution in [1.29, 1.82) is 0 Å². The summed E-state index contributed by atoms with van der Waals surface area (Å²) in [6.07, 6.45) is 3.59. The van der Waals surface area contributed by atoms with Gasteiger partial charge in [-0.1, -0.05) is 30.3 Å². The third kappa shape index (κ3) is 3.98. The Labute approximate surface area is 130 Å². The summed E-state index contributed by atoms with van der Waals surface area (Å²) in [5.41, 5.74) is 3.35. The van der Waals surface area contributed by atoms with Gasteiger partial charge < -0.3 is 15.0 Å². The molecule has 2 heterocycles. The molecular weight excluding hydrogens is 276 g/mol. The summed E-state index contributed by atoms with van der Waals surface area (Å²) >= 11 is 0. The van der Waals surface area contributed by atoms with Crippen LogP contribution < -0.4 is 5.32 Å². The lowest BCUT2D eigenvalue weighted by Crippen LogP contribution is -2.31. The van der Waals surface area contributed by atoms with E-state index in [0.29, 0.717) is 13.0 Å². The van der Waals surface area contributed by atoms with Crippen molar-refractivity contribution in [3.8, 4) is 11.3 Å². The number of nitrogens with one attached hydrogen (secondary N) is 2. The van der Waals surface area contributed by atoms with E-state index >= 15 is 0 Å². The van der Waals surface area contributed by atoms with Gasteiger partial charge >= 0.3 is 0 Å². The smallest absolute Gasteiger partial charge is 0.220 e. The number of hydrogen-bond acceptors (Lipinski definition) is 2. The first-order chi connectivity index (χ1) is 10.8. The lowest BCUT2D eigenvalue weighted by atomic mass is 10.2. The zero-order valence-corrected chi connectivity index (χ0v) is 12.7. The van der Waals surface area contributed by atoms with Crippen molar-refractivity contribution in [3.63, 3.8) is 0 Å². The minimum absolute atomic E-state index is 0.0892. The maximum atomic E-state index is 11.9. The van der Waals surface area contributed by atoms with Crippen LogP contribution in [0.4, 0.5) is 0 Å². The minimum atomic E-state index is 0.0892. The molecule has 0 spiro atoms. The van der Waals surface area contributed by atoms with Gasteiger partial charge in [0, 0.05) is 31.0 Å². The van der Waals surface area contributed by atoms with Crippen LogP contribution in [0, 0.1) is 0 Å². The average Bonchev–Trinajstić information content (AvgIpc) is 3.23. The Hall–Kier alpha value is -2.07. The fraction of sp³-hybridized carbons (Fsp3) is 0.389. The summed E-state index contributed by atoms with van der Waals surface area (Å²) < 4.78 is 5.50. The van der Waals surface area contributed by atoms with Gasteiger partial charge in [0.05, 0.1) is 6.10 Å². The lowest BCUT2D eigenvalue weighted by molar-refractivity contribution is -0.121. The van der Waals surface area contributed by atoms with Gasteiger partial charge in [-0.2, -0.15) is 0 Å². The van der Waals surface area contributed by atoms with Crippen LogP contribution in [0.3, 0.4) is 0 Å². The summed E-state index contributed by atoms with van der Waals surface area (Å²) in [7, 11) is 0. The number of benzene rings is 1. The molecule has 0 radical (unpaired) electrons. The van der Waals surface area contributed by atoms with E-state index in [9.17, 15) is 4.79 Å². The molecular formula is C18H22N2O2. The number of aryl methyl sites for hydroxylation is 1. The first-order valence-corrected chi connectivity index (χ1v) is 7.93. The monoisotopic (exact) mass is 298 g/mol. The van der Waals surface area contributed by atoms with E-state index in [4.69, 9.17) is 4.74 Å². The van der Waals surface area contributed by atoms with Gasteiger partial charge in [-0.15, -0.1) is 0 Å². The van der Waals surface area contributed by atoms with Crippen LogP contribution in [-0.4, -0.2) is 30.1 Å². The highest BCUT2D eigenvalue weighted by Gasteiger charge is 2.16. The Balaban J connectivity index is 1.45. The standard InChI is InChI=1S/C18H22N2O2/c21-18(19-13-16-7-4-12-22-16)11-9-15-8-10-17(20-15)14-5-2-1-3-6-14/h1-3,5-6,8,10,16,20H,4,7,9,11-13H2,(H,19,21)/t16-/m0/s1. The molecule has 1 aromatic heterocycles. The highest BCUT2D eigenvalue weighted by atomic mass is 16.5. The number of rotatable bonds is 6. The molecule has 1 atom stereocenters. The second kappa shape index (κ2) is 7.27. The fourth-order valence-corrected chi connectivity index (χ4v) is 2.74. The van der Waals surface area contributed by atoms with E-state index in [0.717, 1.165) is 42.8 Å². The van der Waals surface area contributed by atoms with Crippen molar-refractivity contribution >= 4 is 5.91 Å². The summed E-state index contributed by atoms with van der Waals surface area (Å²) in [6.45, 7) is 1.46. The summed E-state index contributed by atoms with van der Waals surface area (Å²) in [5, 5.41) is 2.96. The van der Waals surface area contributed by atoms with Crippen LogP contribution in [0.2, 0.25) is 0 Å². The Kier molecular flexibility index (Phi) is 4.91. The summed E-state index contributed by atoms with van der Waals surface area (Å²) in [6, 6.07) is 14.3. The highest BCUT2D eigenvalue weighted by Crippen LogP contribution is 2.18. The molecule has 116 valence electrons. The topological polar surface area (TPSA) is 54.1 Å². The molecule has 1 aliphatic heterocycles. The number of H-pyrrole nitrogens is 1. The van der Waals surface area contributed by atoms with Crippen LogP contribution >= 0.6 is 0 Å². The summed E-state index contributed by atoms with van der Waals surface area (Å²) in [4.78, 5) is 15.2. The molecule has 0 saturated carbocycles. The van der Waals surface area contributed by atoms with Gasteiger partial charge in [-0.3, -0.25) is 4.79 Å². The van der Waals surface area contributed by atoms with Crippen LogP contribution in [0.15, 0.2) is 42.5 Å². The molecule has 1 aromatic carbocycles. The largest absolute Gasteiger partial charge is 0.376 e. The number of aromatic nitrogens is 1. The SMILES string of the molecule is O=C(CCc1ccc(-c2ccccc2)[nH]1)NC[C@@H]1CCCO1. The number of hydrogen-bond donors (Lipinski definition) is 2. The van der Waals surface area contributed by atoms with E-state index in [1.165, 1.54) is 0 Å². The first kappa shape index (κ1) is 14.9. The van der Waals surface area contributed by atoms with Crippen molar-refractivity contribution in [3.05, 3.63) is 48.2 Å². The fourth-order valence-electron chi connectivity index (χ4n) is 2.74. The predicted molar refractivity (Wildman–Crippen MR) is 86.5 cm³/mol. The molecule has 3 rings (SSSR count). The van der Waals surface area contributed by atoms with E-state index < -0.39 is 0 Å². The predicted octanol–water partition coefficient (Wildman–Crippen LogP) is 2.91. The van der Waals surface area contributed by atoms with E-state index in [2.05, 4.69) is 34.6 Å². The molecule has 1 amide bonds. The normalized spacial score (nSPS) is 17.5.